The van der Waals surface area contributed by atoms with Crippen LogP contribution in [-0.2, 0) is 4.79 Å². The summed E-state index contributed by atoms with van der Waals surface area (Å²) in [6, 6.07) is 3.79. The van der Waals surface area contributed by atoms with Crippen molar-refractivity contribution < 1.29 is 19.1 Å². The van der Waals surface area contributed by atoms with Crippen molar-refractivity contribution in [3.8, 4) is 11.8 Å². The van der Waals surface area contributed by atoms with E-state index in [1.807, 2.05) is 9.80 Å². The average Bonchev–Trinajstić information content (AvgIpc) is 3.34. The molecule has 1 aromatic heterocycles. The second-order valence-electron chi connectivity index (χ2n) is 8.98. The highest BCUT2D eigenvalue weighted by Crippen LogP contribution is 2.32. The van der Waals surface area contributed by atoms with E-state index in [0.29, 0.717) is 47.5 Å². The maximum atomic E-state index is 13.3. The van der Waals surface area contributed by atoms with E-state index in [0.717, 1.165) is 64.8 Å². The first-order valence-corrected chi connectivity index (χ1v) is 11.5. The molecule has 0 saturated carbocycles. The number of hydrogen-bond acceptors (Lipinski definition) is 6. The smallest absolute Gasteiger partial charge is 0.259 e. The lowest BCUT2D eigenvalue weighted by Crippen LogP contribution is -2.57. The van der Waals surface area contributed by atoms with Crippen LogP contribution in [0, 0.1) is 11.8 Å². The molecule has 0 radical (unpaired) electrons. The lowest BCUT2D eigenvalue weighted by atomic mass is 9.79. The molecular formula is C23H34N4O4. The van der Waals surface area contributed by atoms with Crippen LogP contribution in [0.15, 0.2) is 12.1 Å². The molecule has 1 aromatic rings. The van der Waals surface area contributed by atoms with Gasteiger partial charge in [-0.15, -0.1) is 0 Å². The van der Waals surface area contributed by atoms with Gasteiger partial charge in [-0.2, -0.15) is 4.98 Å². The average molecular weight is 431 g/mol. The Bertz CT molecular complexity index is 796. The highest BCUT2D eigenvalue weighted by Gasteiger charge is 2.38. The summed E-state index contributed by atoms with van der Waals surface area (Å²) in [4.78, 5) is 33.8. The van der Waals surface area contributed by atoms with Crippen LogP contribution in [0.25, 0.3) is 0 Å². The molecule has 2 unspecified atom stereocenters. The van der Waals surface area contributed by atoms with Crippen LogP contribution in [0.3, 0.4) is 0 Å². The summed E-state index contributed by atoms with van der Waals surface area (Å²) in [5.41, 5.74) is 0.476. The quantitative estimate of drug-likeness (QED) is 0.712. The summed E-state index contributed by atoms with van der Waals surface area (Å²) < 4.78 is 10.5. The van der Waals surface area contributed by atoms with E-state index in [1.54, 1.807) is 19.2 Å². The molecule has 3 atom stereocenters. The molecule has 2 amide bonds. The summed E-state index contributed by atoms with van der Waals surface area (Å²) in [6.45, 7) is 4.24. The molecule has 3 aliphatic heterocycles. The number of pyridine rings is 1. The fourth-order valence-corrected chi connectivity index (χ4v) is 5.30. The number of hydrogen-bond donors (Lipinski definition) is 1. The molecule has 2 bridgehead atoms. The molecule has 4 heterocycles. The highest BCUT2D eigenvalue weighted by molar-refractivity contribution is 5.96. The lowest BCUT2D eigenvalue weighted by Gasteiger charge is -2.46. The number of methoxy groups -OCH3 is 2. The summed E-state index contributed by atoms with van der Waals surface area (Å²) in [5, 5.41) is 3.68. The summed E-state index contributed by atoms with van der Waals surface area (Å²) in [6.07, 6.45) is 5.92. The first-order chi connectivity index (χ1) is 15.1. The number of fused-ring (bicyclic) bond motifs is 2. The predicted molar refractivity (Wildman–Crippen MR) is 116 cm³/mol. The number of nitrogens with one attached hydrogen (secondary N) is 1. The number of carbonyl (C=O) groups is 2. The molecule has 31 heavy (non-hydrogen) atoms. The number of amides is 2. The summed E-state index contributed by atoms with van der Waals surface area (Å²) >= 11 is 0. The molecular weight excluding hydrogens is 396 g/mol. The van der Waals surface area contributed by atoms with Gasteiger partial charge in [0.1, 0.15) is 5.56 Å². The predicted octanol–water partition coefficient (Wildman–Crippen LogP) is 1.94. The fourth-order valence-electron chi connectivity index (χ4n) is 5.30. The number of piperidine rings is 2. The van der Waals surface area contributed by atoms with E-state index in [4.69, 9.17) is 9.47 Å². The summed E-state index contributed by atoms with van der Waals surface area (Å²) in [5.74, 6) is 1.86. The molecule has 4 rings (SSSR count). The number of ether oxygens (including phenoxy) is 2. The molecule has 8 nitrogen and oxygen atoms in total. The third kappa shape index (κ3) is 4.95. The number of rotatable bonds is 7. The van der Waals surface area contributed by atoms with Crippen LogP contribution in [-0.4, -0.2) is 79.6 Å². The minimum atomic E-state index is -0.0356. The Balaban J connectivity index is 1.35. The molecule has 0 aliphatic carbocycles. The zero-order valence-electron chi connectivity index (χ0n) is 18.6. The number of aromatic nitrogens is 1. The third-order valence-corrected chi connectivity index (χ3v) is 6.93. The second-order valence-corrected chi connectivity index (χ2v) is 8.98. The molecule has 0 spiro atoms. The largest absolute Gasteiger partial charge is 0.481 e. The topological polar surface area (TPSA) is 84.0 Å². The van der Waals surface area contributed by atoms with Gasteiger partial charge in [-0.05, 0) is 56.6 Å². The number of carbonyl (C=O) groups excluding carboxylic acids is 2. The Morgan fingerprint density at radius 1 is 1.13 bits per heavy atom. The van der Waals surface area contributed by atoms with E-state index in [9.17, 15) is 9.59 Å². The van der Waals surface area contributed by atoms with Gasteiger partial charge in [0.25, 0.3) is 5.91 Å². The lowest BCUT2D eigenvalue weighted by molar-refractivity contribution is -0.130. The van der Waals surface area contributed by atoms with Crippen LogP contribution in [0.1, 0.15) is 48.9 Å². The van der Waals surface area contributed by atoms with Crippen molar-refractivity contribution in [1.82, 2.24) is 20.1 Å². The number of nitrogens with zero attached hydrogens (tertiary/aromatic N) is 3. The van der Waals surface area contributed by atoms with Crippen molar-refractivity contribution in [2.75, 3.05) is 46.9 Å². The molecule has 170 valence electrons. The van der Waals surface area contributed by atoms with Gasteiger partial charge < -0.3 is 24.6 Å². The third-order valence-electron chi connectivity index (χ3n) is 6.93. The molecule has 3 saturated heterocycles. The van der Waals surface area contributed by atoms with Crippen LogP contribution < -0.4 is 14.8 Å². The normalized spacial score (nSPS) is 25.4. The Labute approximate surface area is 184 Å². The Hall–Kier alpha value is -2.35. The van der Waals surface area contributed by atoms with Crippen LogP contribution in [0.5, 0.6) is 11.8 Å². The van der Waals surface area contributed by atoms with Crippen LogP contribution >= 0.6 is 0 Å². The minimum absolute atomic E-state index is 0.0356. The van der Waals surface area contributed by atoms with E-state index < -0.39 is 0 Å². The van der Waals surface area contributed by atoms with E-state index in [-0.39, 0.29) is 5.91 Å². The van der Waals surface area contributed by atoms with Crippen molar-refractivity contribution >= 4 is 11.8 Å². The summed E-state index contributed by atoms with van der Waals surface area (Å²) in [7, 11) is 3.06. The Kier molecular flexibility index (Phi) is 6.95. The van der Waals surface area contributed by atoms with Crippen molar-refractivity contribution in [3.05, 3.63) is 17.7 Å². The van der Waals surface area contributed by atoms with Crippen LogP contribution in [0.4, 0.5) is 0 Å². The fraction of sp³-hybridized carbons (Fsp3) is 0.696. The van der Waals surface area contributed by atoms with Gasteiger partial charge in [0.15, 0.2) is 0 Å². The first-order valence-electron chi connectivity index (χ1n) is 11.5. The monoisotopic (exact) mass is 430 g/mol. The van der Waals surface area contributed by atoms with Crippen molar-refractivity contribution in [2.45, 2.75) is 44.6 Å². The maximum absolute atomic E-state index is 13.3. The van der Waals surface area contributed by atoms with E-state index in [1.165, 1.54) is 7.11 Å². The minimum Gasteiger partial charge on any atom is -0.481 e. The van der Waals surface area contributed by atoms with Gasteiger partial charge in [0.05, 0.1) is 14.2 Å². The van der Waals surface area contributed by atoms with Gasteiger partial charge in [-0.25, -0.2) is 0 Å². The van der Waals surface area contributed by atoms with Crippen molar-refractivity contribution in [3.63, 3.8) is 0 Å². The standard InChI is InChI=1S/C23H34N4O4/c1-30-20-9-8-18(22(25-20)31-2)23(29)27-14-16-12-17(15-27)19(24-13-16)6-5-7-21(28)26-10-3-4-11-26/h8-9,16-17,19,24H,3-7,10-15H2,1-2H3/t16?,17?,19-/m1/s1. The van der Waals surface area contributed by atoms with Gasteiger partial charge >= 0.3 is 0 Å². The zero-order chi connectivity index (χ0) is 21.8. The van der Waals surface area contributed by atoms with Gasteiger partial charge in [0, 0.05) is 44.7 Å². The SMILES string of the molecule is COc1ccc(C(=O)N2CC3CN[C@H](CCCC(=O)N4CCCC4)C(C3)C2)c(OC)n1. The van der Waals surface area contributed by atoms with E-state index >= 15 is 0 Å². The second kappa shape index (κ2) is 9.85. The van der Waals surface area contributed by atoms with Crippen molar-refractivity contribution in [1.29, 1.82) is 0 Å². The Morgan fingerprint density at radius 2 is 1.94 bits per heavy atom. The van der Waals surface area contributed by atoms with Gasteiger partial charge in [-0.1, -0.05) is 0 Å². The van der Waals surface area contributed by atoms with Gasteiger partial charge in [-0.3, -0.25) is 9.59 Å². The molecule has 3 fully saturated rings. The maximum Gasteiger partial charge on any atom is 0.259 e. The molecule has 3 aliphatic rings. The first kappa shape index (κ1) is 21.9. The number of likely N-dealkylation sites (tertiary alicyclic amines) is 2. The molecule has 8 heteroatoms. The van der Waals surface area contributed by atoms with E-state index in [2.05, 4.69) is 10.3 Å². The van der Waals surface area contributed by atoms with Gasteiger partial charge in [0.2, 0.25) is 17.7 Å². The highest BCUT2D eigenvalue weighted by atomic mass is 16.5. The molecule has 0 aromatic carbocycles. The van der Waals surface area contributed by atoms with Crippen LogP contribution in [0.2, 0.25) is 0 Å². The Morgan fingerprint density at radius 3 is 2.68 bits per heavy atom. The molecule has 1 N–H and O–H groups in total. The zero-order valence-corrected chi connectivity index (χ0v) is 18.6. The van der Waals surface area contributed by atoms with Crippen molar-refractivity contribution in [2.24, 2.45) is 11.8 Å².